The number of rotatable bonds is 9. The Morgan fingerprint density at radius 3 is 2.34 bits per heavy atom. The maximum Gasteiger partial charge on any atom is 0.136 e. The largest absolute Gasteiger partial charge is 0.326 e. The number of anilines is 1. The third kappa shape index (κ3) is 7.01. The van der Waals surface area contributed by atoms with Crippen molar-refractivity contribution in [2.75, 3.05) is 45.2 Å². The Balaban J connectivity index is 0.00000261. The molecule has 2 aromatic rings. The minimum absolute atomic E-state index is 0. The molecule has 0 saturated carbocycles. The lowest BCUT2D eigenvalue weighted by Gasteiger charge is -2.22. The molecule has 1 N–H and O–H groups in total. The Morgan fingerprint density at radius 2 is 1.69 bits per heavy atom. The summed E-state index contributed by atoms with van der Waals surface area (Å²) in [4.78, 5) is 9.70. The first-order valence-corrected chi connectivity index (χ1v) is 9.80. The van der Waals surface area contributed by atoms with Crippen molar-refractivity contribution >= 4 is 59.5 Å². The van der Waals surface area contributed by atoms with Crippen molar-refractivity contribution < 1.29 is 0 Å². The lowest BCUT2D eigenvalue weighted by Crippen LogP contribution is -2.31. The van der Waals surface area contributed by atoms with Crippen molar-refractivity contribution in [1.82, 2.24) is 10.2 Å². The van der Waals surface area contributed by atoms with Gasteiger partial charge in [0, 0.05) is 30.1 Å². The predicted octanol–water partition coefficient (Wildman–Crippen LogP) is 5.01. The molecule has 29 heavy (non-hydrogen) atoms. The summed E-state index contributed by atoms with van der Waals surface area (Å²) in [6.07, 6.45) is 2.20. The van der Waals surface area contributed by atoms with Gasteiger partial charge in [0.1, 0.15) is 5.84 Å². The maximum atomic E-state index is 5.03. The lowest BCUT2D eigenvalue weighted by atomic mass is 10.1. The summed E-state index contributed by atoms with van der Waals surface area (Å²) >= 11 is 0. The number of aliphatic imine (C=N–C) groups is 1. The van der Waals surface area contributed by atoms with Gasteiger partial charge < -0.3 is 15.1 Å². The summed E-state index contributed by atoms with van der Waals surface area (Å²) in [7, 11) is 4.27. The van der Waals surface area contributed by atoms with Gasteiger partial charge in [-0.3, -0.25) is 4.99 Å². The molecule has 3 rings (SSSR count). The predicted molar refractivity (Wildman–Crippen MR) is 135 cm³/mol. The van der Waals surface area contributed by atoms with Gasteiger partial charge in [0.15, 0.2) is 0 Å². The minimum Gasteiger partial charge on any atom is -0.326 e. The van der Waals surface area contributed by atoms with Crippen molar-refractivity contribution in [2.45, 2.75) is 32.7 Å². The van der Waals surface area contributed by atoms with E-state index in [1.165, 1.54) is 22.0 Å². The van der Waals surface area contributed by atoms with Gasteiger partial charge in [0.2, 0.25) is 0 Å². The van der Waals surface area contributed by atoms with Crippen molar-refractivity contribution in [3.05, 3.63) is 42.0 Å². The highest BCUT2D eigenvalue weighted by Gasteiger charge is 2.27. The van der Waals surface area contributed by atoms with Crippen LogP contribution in [0.25, 0.3) is 10.8 Å². The van der Waals surface area contributed by atoms with Gasteiger partial charge in [-0.25, -0.2) is 0 Å². The van der Waals surface area contributed by atoms with Crippen LogP contribution in [0.15, 0.2) is 41.4 Å². The third-order valence-electron chi connectivity index (χ3n) is 4.81. The fourth-order valence-corrected chi connectivity index (χ4v) is 3.59. The van der Waals surface area contributed by atoms with E-state index in [-0.39, 0.29) is 37.2 Å². The molecule has 0 saturated heterocycles. The first-order chi connectivity index (χ1) is 12.6. The molecule has 0 atom stereocenters. The zero-order chi connectivity index (χ0) is 18.5. The number of nitrogens with zero attached hydrogens (tertiary/aromatic N) is 3. The fourth-order valence-electron chi connectivity index (χ4n) is 3.59. The standard InChI is InChI=1S/C22H32N4.3ClH/c1-17(2)23-13-7-14-24-22-19-11-5-9-18-10-6-12-20(21(18)19)26(22)16-8-15-25(3)4;;;/h5-6,9-12,17,23H,7-8,13-16H2,1-4H3;3*1H/b24-22-;;;. The molecule has 7 heteroatoms. The summed E-state index contributed by atoms with van der Waals surface area (Å²) in [5.41, 5.74) is 2.61. The normalized spacial score (nSPS) is 13.6. The molecule has 164 valence electrons. The van der Waals surface area contributed by atoms with Crippen LogP contribution >= 0.6 is 37.2 Å². The molecule has 0 aliphatic carbocycles. The Labute approximate surface area is 194 Å². The average Bonchev–Trinajstić information content (AvgIpc) is 2.90. The van der Waals surface area contributed by atoms with E-state index in [4.69, 9.17) is 4.99 Å². The number of amidine groups is 1. The zero-order valence-corrected chi connectivity index (χ0v) is 20.3. The van der Waals surface area contributed by atoms with Crippen LogP contribution in [-0.2, 0) is 0 Å². The molecule has 0 radical (unpaired) electrons. The molecule has 0 fully saturated rings. The number of hydrogen-bond donors (Lipinski definition) is 1. The highest BCUT2D eigenvalue weighted by molar-refractivity contribution is 6.27. The Kier molecular flexibility index (Phi) is 12.8. The van der Waals surface area contributed by atoms with Crippen molar-refractivity contribution in [3.63, 3.8) is 0 Å². The first-order valence-electron chi connectivity index (χ1n) is 9.80. The van der Waals surface area contributed by atoms with Crippen LogP contribution in [0, 0.1) is 0 Å². The SMILES string of the molecule is CC(C)NCCC/N=C1/c2cccc3cccc(c23)N1CCCN(C)C.Cl.Cl.Cl. The number of hydrogen-bond acceptors (Lipinski definition) is 3. The van der Waals surface area contributed by atoms with Crippen LogP contribution in [-0.4, -0.2) is 57.1 Å². The van der Waals surface area contributed by atoms with Gasteiger partial charge in [-0.1, -0.05) is 44.2 Å². The van der Waals surface area contributed by atoms with Crippen LogP contribution in [0.3, 0.4) is 0 Å². The van der Waals surface area contributed by atoms with Crippen LogP contribution in [0.4, 0.5) is 5.69 Å². The molecule has 4 nitrogen and oxygen atoms in total. The summed E-state index contributed by atoms with van der Waals surface area (Å²) in [5.74, 6) is 1.15. The van der Waals surface area contributed by atoms with Crippen molar-refractivity contribution in [2.24, 2.45) is 4.99 Å². The Hall–Kier alpha value is -1.04. The van der Waals surface area contributed by atoms with E-state index in [1.807, 2.05) is 0 Å². The van der Waals surface area contributed by atoms with E-state index in [9.17, 15) is 0 Å². The molecule has 0 bridgehead atoms. The van der Waals surface area contributed by atoms with E-state index in [1.54, 1.807) is 0 Å². The monoisotopic (exact) mass is 460 g/mol. The highest BCUT2D eigenvalue weighted by Crippen LogP contribution is 2.37. The minimum atomic E-state index is 0. The number of benzene rings is 2. The molecule has 0 spiro atoms. The van der Waals surface area contributed by atoms with Crippen LogP contribution < -0.4 is 10.2 Å². The van der Waals surface area contributed by atoms with E-state index in [0.29, 0.717) is 6.04 Å². The molecule has 0 aromatic heterocycles. The first kappa shape index (κ1) is 28.0. The van der Waals surface area contributed by atoms with Gasteiger partial charge in [-0.2, -0.15) is 0 Å². The summed E-state index contributed by atoms with van der Waals surface area (Å²) in [6.45, 7) is 8.36. The maximum absolute atomic E-state index is 5.03. The smallest absolute Gasteiger partial charge is 0.136 e. The summed E-state index contributed by atoms with van der Waals surface area (Å²) < 4.78 is 0. The second kappa shape index (κ2) is 13.3. The molecular formula is C22H35Cl3N4. The Morgan fingerprint density at radius 1 is 1.00 bits per heavy atom. The molecule has 1 aliphatic heterocycles. The van der Waals surface area contributed by atoms with Crippen LogP contribution in [0.1, 0.15) is 32.3 Å². The van der Waals surface area contributed by atoms with Gasteiger partial charge in [-0.15, -0.1) is 37.2 Å². The highest BCUT2D eigenvalue weighted by atomic mass is 35.5. The van der Waals surface area contributed by atoms with Crippen molar-refractivity contribution in [3.8, 4) is 0 Å². The molecule has 1 heterocycles. The number of nitrogens with one attached hydrogen (secondary N) is 1. The van der Waals surface area contributed by atoms with Gasteiger partial charge in [0.05, 0.1) is 5.69 Å². The van der Waals surface area contributed by atoms with E-state index in [0.717, 1.165) is 44.9 Å². The zero-order valence-electron chi connectivity index (χ0n) is 17.9. The van der Waals surface area contributed by atoms with Gasteiger partial charge in [-0.05, 0) is 51.5 Å². The van der Waals surface area contributed by atoms with E-state index < -0.39 is 0 Å². The molecular weight excluding hydrogens is 427 g/mol. The summed E-state index contributed by atoms with van der Waals surface area (Å²) in [6, 6.07) is 13.7. The van der Waals surface area contributed by atoms with Crippen LogP contribution in [0.2, 0.25) is 0 Å². The molecule has 0 unspecified atom stereocenters. The topological polar surface area (TPSA) is 30.9 Å². The second-order valence-electron chi connectivity index (χ2n) is 7.66. The lowest BCUT2D eigenvalue weighted by molar-refractivity contribution is 0.403. The van der Waals surface area contributed by atoms with Gasteiger partial charge >= 0.3 is 0 Å². The molecule has 2 aromatic carbocycles. The Bertz CT molecular complexity index is 772. The van der Waals surface area contributed by atoms with Gasteiger partial charge in [0.25, 0.3) is 0 Å². The quantitative estimate of drug-likeness (QED) is 0.532. The van der Waals surface area contributed by atoms with Crippen molar-refractivity contribution in [1.29, 1.82) is 0 Å². The van der Waals surface area contributed by atoms with E-state index in [2.05, 4.69) is 79.5 Å². The number of halogens is 3. The van der Waals surface area contributed by atoms with E-state index >= 15 is 0 Å². The third-order valence-corrected chi connectivity index (χ3v) is 4.81. The van der Waals surface area contributed by atoms with Crippen LogP contribution in [0.5, 0.6) is 0 Å². The summed E-state index contributed by atoms with van der Waals surface area (Å²) in [5, 5.41) is 6.15. The molecule has 0 amide bonds. The fraction of sp³-hybridized carbons (Fsp3) is 0.500. The second-order valence-corrected chi connectivity index (χ2v) is 7.66. The molecule has 1 aliphatic rings. The average molecular weight is 462 g/mol.